The molecule has 0 saturated heterocycles. The van der Waals surface area contributed by atoms with Crippen molar-refractivity contribution >= 4 is 6.21 Å². The molecule has 3 heteroatoms. The zero-order valence-corrected chi connectivity index (χ0v) is 4.91. The first kappa shape index (κ1) is 4.73. The van der Waals surface area contributed by atoms with E-state index in [1.807, 2.05) is 4.57 Å². The molecule has 1 aliphatic heterocycles. The van der Waals surface area contributed by atoms with Crippen molar-refractivity contribution in [1.29, 1.82) is 0 Å². The van der Waals surface area contributed by atoms with Gasteiger partial charge >= 0.3 is 0 Å². The molecule has 1 radical (unpaired) electrons. The third-order valence-corrected chi connectivity index (χ3v) is 1.37. The van der Waals surface area contributed by atoms with Crippen molar-refractivity contribution in [1.82, 2.24) is 9.55 Å². The summed E-state index contributed by atoms with van der Waals surface area (Å²) in [6, 6.07) is 0. The Kier molecular flexibility index (Phi) is 0.886. The summed E-state index contributed by atoms with van der Waals surface area (Å²) < 4.78 is 2.03. The van der Waals surface area contributed by atoms with Crippen molar-refractivity contribution in [2.45, 2.75) is 6.54 Å². The molecule has 1 aromatic rings. The van der Waals surface area contributed by atoms with E-state index in [2.05, 4.69) is 16.2 Å². The molecule has 0 aromatic carbocycles. The van der Waals surface area contributed by atoms with Crippen molar-refractivity contribution in [3.8, 4) is 0 Å². The van der Waals surface area contributed by atoms with Gasteiger partial charge in [0.05, 0.1) is 18.6 Å². The number of nitrogens with zero attached hydrogens (tertiary/aromatic N) is 3. The molecule has 0 amide bonds. The van der Waals surface area contributed by atoms with Crippen LogP contribution in [0.25, 0.3) is 0 Å². The fraction of sp³-hybridized carbons (Fsp3) is 0.333. The number of hydrogen-bond acceptors (Lipinski definition) is 2. The number of rotatable bonds is 0. The maximum atomic E-state index is 4.07. The van der Waals surface area contributed by atoms with E-state index in [4.69, 9.17) is 0 Å². The number of fused-ring (bicyclic) bond motifs is 1. The average molecular weight is 120 g/mol. The predicted octanol–water partition coefficient (Wildman–Crippen LogP) is 0.116. The molecule has 1 aliphatic rings. The quantitative estimate of drug-likeness (QED) is 0.478. The van der Waals surface area contributed by atoms with Gasteiger partial charge in [-0.2, -0.15) is 0 Å². The summed E-state index contributed by atoms with van der Waals surface area (Å²) in [6.45, 7) is 1.82. The van der Waals surface area contributed by atoms with Crippen LogP contribution < -0.4 is 0 Å². The largest absolute Gasteiger partial charge is 0.327 e. The molecule has 0 spiro atoms. The van der Waals surface area contributed by atoms with Gasteiger partial charge in [0.15, 0.2) is 0 Å². The number of aromatic nitrogens is 2. The van der Waals surface area contributed by atoms with E-state index in [9.17, 15) is 0 Å². The minimum Gasteiger partial charge on any atom is -0.327 e. The van der Waals surface area contributed by atoms with Gasteiger partial charge in [-0.3, -0.25) is 4.99 Å². The molecule has 2 heterocycles. The molecule has 45 valence electrons. The molecule has 0 N–H and O–H groups in total. The third kappa shape index (κ3) is 0.650. The first-order valence-electron chi connectivity index (χ1n) is 2.89. The Morgan fingerprint density at radius 3 is 3.56 bits per heavy atom. The fourth-order valence-corrected chi connectivity index (χ4v) is 0.889. The van der Waals surface area contributed by atoms with E-state index >= 15 is 0 Å². The molecule has 1 aromatic heterocycles. The predicted molar refractivity (Wildman–Crippen MR) is 33.5 cm³/mol. The van der Waals surface area contributed by atoms with Crippen LogP contribution in [0.15, 0.2) is 11.3 Å². The molecular formula is C6H6N3. The van der Waals surface area contributed by atoms with E-state index in [1.54, 1.807) is 12.5 Å². The molecule has 3 nitrogen and oxygen atoms in total. The van der Waals surface area contributed by atoms with Gasteiger partial charge in [-0.05, 0) is 0 Å². The third-order valence-electron chi connectivity index (χ3n) is 1.37. The highest BCUT2D eigenvalue weighted by Gasteiger charge is 2.01. The van der Waals surface area contributed by atoms with Crippen LogP contribution in [0.5, 0.6) is 0 Å². The SMILES string of the molecule is [c]1ncn2c1C=NCC2. The second kappa shape index (κ2) is 1.69. The number of aliphatic imine (C=N–C) groups is 1. The highest BCUT2D eigenvalue weighted by Crippen LogP contribution is 1.98. The van der Waals surface area contributed by atoms with Gasteiger partial charge in [0.2, 0.25) is 0 Å². The first-order valence-corrected chi connectivity index (χ1v) is 2.89. The van der Waals surface area contributed by atoms with Crippen molar-refractivity contribution in [3.05, 3.63) is 18.2 Å². The van der Waals surface area contributed by atoms with Crippen LogP contribution in [-0.2, 0) is 6.54 Å². The average Bonchev–Trinajstić information content (AvgIpc) is 2.33. The lowest BCUT2D eigenvalue weighted by Crippen LogP contribution is -2.08. The normalized spacial score (nSPS) is 15.6. The highest BCUT2D eigenvalue weighted by atomic mass is 15.1. The van der Waals surface area contributed by atoms with Gasteiger partial charge in [0, 0.05) is 12.8 Å². The van der Waals surface area contributed by atoms with E-state index in [1.165, 1.54) is 0 Å². The van der Waals surface area contributed by atoms with Crippen LogP contribution in [0.1, 0.15) is 5.69 Å². The van der Waals surface area contributed by atoms with Gasteiger partial charge in [-0.25, -0.2) is 4.98 Å². The van der Waals surface area contributed by atoms with Gasteiger partial charge in [0.25, 0.3) is 0 Å². The Hall–Kier alpha value is -1.12. The highest BCUT2D eigenvalue weighted by molar-refractivity contribution is 5.77. The molecule has 0 unspecified atom stereocenters. The summed E-state index contributed by atoms with van der Waals surface area (Å²) in [4.78, 5) is 7.92. The minimum absolute atomic E-state index is 0.872. The van der Waals surface area contributed by atoms with Gasteiger partial charge in [0.1, 0.15) is 6.20 Å². The molecule has 0 bridgehead atoms. The molecule has 0 saturated carbocycles. The molecule has 0 aliphatic carbocycles. The Morgan fingerprint density at radius 2 is 2.67 bits per heavy atom. The molecule has 9 heavy (non-hydrogen) atoms. The Morgan fingerprint density at radius 1 is 1.67 bits per heavy atom. The van der Waals surface area contributed by atoms with Crippen molar-refractivity contribution in [2.75, 3.05) is 6.54 Å². The molecular weight excluding hydrogens is 114 g/mol. The summed E-state index contributed by atoms with van der Waals surface area (Å²) in [5.74, 6) is 0. The van der Waals surface area contributed by atoms with Crippen molar-refractivity contribution in [3.63, 3.8) is 0 Å². The molecule has 0 atom stereocenters. The zero-order chi connectivity index (χ0) is 6.10. The topological polar surface area (TPSA) is 30.2 Å². The van der Waals surface area contributed by atoms with Crippen molar-refractivity contribution < 1.29 is 0 Å². The summed E-state index contributed by atoms with van der Waals surface area (Å²) in [7, 11) is 0. The smallest absolute Gasteiger partial charge is 0.118 e. The summed E-state index contributed by atoms with van der Waals surface area (Å²) in [5, 5.41) is 0. The lowest BCUT2D eigenvalue weighted by molar-refractivity contribution is 0.690. The zero-order valence-electron chi connectivity index (χ0n) is 4.91. The number of imidazole rings is 1. The maximum absolute atomic E-state index is 4.07. The maximum Gasteiger partial charge on any atom is 0.118 e. The van der Waals surface area contributed by atoms with Gasteiger partial charge in [-0.1, -0.05) is 0 Å². The Balaban J connectivity index is 2.53. The van der Waals surface area contributed by atoms with Crippen LogP contribution in [-0.4, -0.2) is 22.3 Å². The lowest BCUT2D eigenvalue weighted by Gasteiger charge is -2.05. The van der Waals surface area contributed by atoms with E-state index in [0.717, 1.165) is 18.8 Å². The molecule has 0 fully saturated rings. The standard InChI is InChI=1S/C6H6N3/c1-2-9-5-8-4-6(9)3-7-1/h3,5H,1-2H2. The Bertz CT molecular complexity index is 236. The van der Waals surface area contributed by atoms with Crippen LogP contribution in [0.2, 0.25) is 0 Å². The Labute approximate surface area is 53.1 Å². The van der Waals surface area contributed by atoms with Crippen LogP contribution >= 0.6 is 0 Å². The summed E-state index contributed by atoms with van der Waals surface area (Å²) in [6.07, 6.45) is 6.40. The van der Waals surface area contributed by atoms with E-state index < -0.39 is 0 Å². The fourth-order valence-electron chi connectivity index (χ4n) is 0.889. The van der Waals surface area contributed by atoms with Gasteiger partial charge in [-0.15, -0.1) is 0 Å². The van der Waals surface area contributed by atoms with Crippen molar-refractivity contribution in [2.24, 2.45) is 4.99 Å². The number of hydrogen-bond donors (Lipinski definition) is 0. The second-order valence-electron chi connectivity index (χ2n) is 1.97. The summed E-state index contributed by atoms with van der Waals surface area (Å²) >= 11 is 0. The second-order valence-corrected chi connectivity index (χ2v) is 1.97. The van der Waals surface area contributed by atoms with Gasteiger partial charge < -0.3 is 4.57 Å². The van der Waals surface area contributed by atoms with E-state index in [-0.39, 0.29) is 0 Å². The lowest BCUT2D eigenvalue weighted by atomic mass is 10.4. The van der Waals surface area contributed by atoms with Crippen LogP contribution in [0, 0.1) is 6.20 Å². The van der Waals surface area contributed by atoms with Crippen LogP contribution in [0.4, 0.5) is 0 Å². The van der Waals surface area contributed by atoms with Crippen LogP contribution in [0.3, 0.4) is 0 Å². The minimum atomic E-state index is 0.872. The summed E-state index contributed by atoms with van der Waals surface area (Å²) in [5.41, 5.74) is 0.987. The van der Waals surface area contributed by atoms with E-state index in [0.29, 0.717) is 0 Å². The monoisotopic (exact) mass is 120 g/mol. The molecule has 2 rings (SSSR count). The first-order chi connectivity index (χ1) is 4.47.